The van der Waals surface area contributed by atoms with E-state index in [9.17, 15) is 4.79 Å². The van der Waals surface area contributed by atoms with Gasteiger partial charge < -0.3 is 9.84 Å². The number of allylic oxidation sites excluding steroid dienone is 1. The first-order valence-corrected chi connectivity index (χ1v) is 3.00. The van der Waals surface area contributed by atoms with Gasteiger partial charge >= 0.3 is 5.97 Å². The summed E-state index contributed by atoms with van der Waals surface area (Å²) >= 11 is 0. The van der Waals surface area contributed by atoms with Crippen molar-refractivity contribution >= 4 is 5.97 Å². The van der Waals surface area contributed by atoms with E-state index in [2.05, 4.69) is 4.74 Å². The lowest BCUT2D eigenvalue weighted by atomic mass is 10.4. The number of hydrogen-bond acceptors (Lipinski definition) is 3. The zero-order chi connectivity index (χ0) is 8.41. The van der Waals surface area contributed by atoms with Gasteiger partial charge in [-0.3, -0.25) is 0 Å². The molecule has 0 saturated carbocycles. The molecule has 0 aliphatic heterocycles. The van der Waals surface area contributed by atoms with Gasteiger partial charge in [0.25, 0.3) is 0 Å². The summed E-state index contributed by atoms with van der Waals surface area (Å²) in [4.78, 5) is 10.3. The van der Waals surface area contributed by atoms with Crippen molar-refractivity contribution in [2.45, 2.75) is 13.3 Å². The summed E-state index contributed by atoms with van der Waals surface area (Å²) in [6, 6.07) is 0. The van der Waals surface area contributed by atoms with Gasteiger partial charge in [0.15, 0.2) is 0 Å². The maximum Gasteiger partial charge on any atom is 0.330 e. The lowest BCUT2D eigenvalue weighted by molar-refractivity contribution is -0.134. The number of methoxy groups -OCH3 is 1. The van der Waals surface area contributed by atoms with Gasteiger partial charge in [0.1, 0.15) is 0 Å². The predicted molar refractivity (Wildman–Crippen MR) is 39.6 cm³/mol. The van der Waals surface area contributed by atoms with Crippen molar-refractivity contribution in [3.63, 3.8) is 0 Å². The monoisotopic (exact) mass is 146 g/mol. The standard InChI is InChI=1S/C6H10O2.CH4O/c1-3-4-5-6(7)8-2;1-2/h4-5H,3H2,1-2H3;2H,1H3/b5-4+;. The molecular weight excluding hydrogens is 132 g/mol. The lowest BCUT2D eigenvalue weighted by Crippen LogP contribution is -1.92. The number of hydrogen-bond donors (Lipinski definition) is 1. The van der Waals surface area contributed by atoms with E-state index < -0.39 is 0 Å². The molecule has 0 saturated heterocycles. The molecule has 0 rings (SSSR count). The smallest absolute Gasteiger partial charge is 0.330 e. The zero-order valence-corrected chi connectivity index (χ0v) is 6.63. The number of esters is 1. The number of aliphatic hydroxyl groups excluding tert-OH is 1. The van der Waals surface area contributed by atoms with E-state index in [4.69, 9.17) is 5.11 Å². The Morgan fingerprint density at radius 3 is 2.40 bits per heavy atom. The van der Waals surface area contributed by atoms with Crippen molar-refractivity contribution in [3.05, 3.63) is 12.2 Å². The van der Waals surface area contributed by atoms with Crippen molar-refractivity contribution in [2.24, 2.45) is 0 Å². The highest BCUT2D eigenvalue weighted by Gasteiger charge is 1.85. The lowest BCUT2D eigenvalue weighted by Gasteiger charge is -1.86. The van der Waals surface area contributed by atoms with Gasteiger partial charge in [-0.15, -0.1) is 0 Å². The van der Waals surface area contributed by atoms with Gasteiger partial charge in [-0.1, -0.05) is 13.0 Å². The molecule has 3 heteroatoms. The second kappa shape index (κ2) is 11.0. The second-order valence-corrected chi connectivity index (χ2v) is 1.33. The minimum atomic E-state index is -0.285. The van der Waals surface area contributed by atoms with Crippen LogP contribution in [-0.2, 0) is 9.53 Å². The van der Waals surface area contributed by atoms with Gasteiger partial charge in [0.2, 0.25) is 0 Å². The van der Waals surface area contributed by atoms with Crippen LogP contribution in [0.1, 0.15) is 13.3 Å². The summed E-state index contributed by atoms with van der Waals surface area (Å²) < 4.78 is 4.33. The van der Waals surface area contributed by atoms with Crippen LogP contribution in [0.2, 0.25) is 0 Å². The molecule has 0 aromatic rings. The van der Waals surface area contributed by atoms with Crippen molar-refractivity contribution in [1.82, 2.24) is 0 Å². The minimum absolute atomic E-state index is 0.285. The van der Waals surface area contributed by atoms with E-state index in [1.807, 2.05) is 6.92 Å². The van der Waals surface area contributed by atoms with E-state index in [0.717, 1.165) is 13.5 Å². The van der Waals surface area contributed by atoms with Crippen LogP contribution in [0.5, 0.6) is 0 Å². The van der Waals surface area contributed by atoms with Crippen LogP contribution in [0.3, 0.4) is 0 Å². The average molecular weight is 146 g/mol. The van der Waals surface area contributed by atoms with E-state index in [1.165, 1.54) is 13.2 Å². The number of rotatable bonds is 2. The van der Waals surface area contributed by atoms with E-state index >= 15 is 0 Å². The van der Waals surface area contributed by atoms with Crippen molar-refractivity contribution in [2.75, 3.05) is 14.2 Å². The van der Waals surface area contributed by atoms with Crippen LogP contribution >= 0.6 is 0 Å². The molecule has 0 radical (unpaired) electrons. The van der Waals surface area contributed by atoms with E-state index in [1.54, 1.807) is 6.08 Å². The summed E-state index contributed by atoms with van der Waals surface area (Å²) in [5, 5.41) is 7.00. The molecule has 60 valence electrons. The molecule has 0 aromatic heterocycles. The molecule has 0 aliphatic rings. The Kier molecular flexibility index (Phi) is 13.1. The third-order valence-electron chi connectivity index (χ3n) is 0.691. The van der Waals surface area contributed by atoms with Gasteiger partial charge in [0.05, 0.1) is 7.11 Å². The van der Waals surface area contributed by atoms with Crippen LogP contribution in [0.25, 0.3) is 0 Å². The highest BCUT2D eigenvalue weighted by Crippen LogP contribution is 1.80. The predicted octanol–water partition coefficient (Wildman–Crippen LogP) is 0.734. The zero-order valence-electron chi connectivity index (χ0n) is 6.63. The summed E-state index contributed by atoms with van der Waals surface area (Å²) in [6.07, 6.45) is 4.04. The molecular formula is C7H14O3. The highest BCUT2D eigenvalue weighted by atomic mass is 16.5. The van der Waals surface area contributed by atoms with Crippen LogP contribution in [0.4, 0.5) is 0 Å². The Labute approximate surface area is 61.3 Å². The first kappa shape index (κ1) is 11.9. The SMILES string of the molecule is CC/C=C/C(=O)OC.CO. The molecule has 3 nitrogen and oxygen atoms in total. The molecule has 0 heterocycles. The van der Waals surface area contributed by atoms with Gasteiger partial charge in [-0.25, -0.2) is 4.79 Å². The normalized spacial score (nSPS) is 8.40. The molecule has 0 fully saturated rings. The fourth-order valence-corrected chi connectivity index (χ4v) is 0.282. The summed E-state index contributed by atoms with van der Waals surface area (Å²) in [5.41, 5.74) is 0. The maximum atomic E-state index is 10.3. The van der Waals surface area contributed by atoms with Crippen LogP contribution in [0.15, 0.2) is 12.2 Å². The maximum absolute atomic E-state index is 10.3. The van der Waals surface area contributed by atoms with Gasteiger partial charge in [-0.05, 0) is 6.42 Å². The largest absolute Gasteiger partial charge is 0.466 e. The third-order valence-corrected chi connectivity index (χ3v) is 0.691. The van der Waals surface area contributed by atoms with Crippen LogP contribution in [0, 0.1) is 0 Å². The summed E-state index contributed by atoms with van der Waals surface area (Å²) in [5.74, 6) is -0.285. The fraction of sp³-hybridized carbons (Fsp3) is 0.571. The molecule has 0 aliphatic carbocycles. The van der Waals surface area contributed by atoms with Gasteiger partial charge in [0, 0.05) is 13.2 Å². The molecule has 10 heavy (non-hydrogen) atoms. The Bertz CT molecular complexity index is 97.0. The van der Waals surface area contributed by atoms with Crippen LogP contribution in [-0.4, -0.2) is 25.3 Å². The van der Waals surface area contributed by atoms with E-state index in [0.29, 0.717) is 0 Å². The second-order valence-electron chi connectivity index (χ2n) is 1.33. The molecule has 0 amide bonds. The molecule has 0 unspecified atom stereocenters. The van der Waals surface area contributed by atoms with Crippen molar-refractivity contribution < 1.29 is 14.6 Å². The first-order valence-electron chi connectivity index (χ1n) is 3.00. The quantitative estimate of drug-likeness (QED) is 0.461. The molecule has 0 spiro atoms. The molecule has 0 aromatic carbocycles. The summed E-state index contributed by atoms with van der Waals surface area (Å²) in [7, 11) is 2.36. The van der Waals surface area contributed by atoms with Gasteiger partial charge in [-0.2, -0.15) is 0 Å². The van der Waals surface area contributed by atoms with Crippen molar-refractivity contribution in [3.8, 4) is 0 Å². The minimum Gasteiger partial charge on any atom is -0.466 e. The van der Waals surface area contributed by atoms with Crippen LogP contribution < -0.4 is 0 Å². The Hall–Kier alpha value is -0.830. The highest BCUT2D eigenvalue weighted by molar-refractivity contribution is 5.81. The third kappa shape index (κ3) is 10.2. The Morgan fingerprint density at radius 2 is 2.10 bits per heavy atom. The topological polar surface area (TPSA) is 46.5 Å². The number of carbonyl (C=O) groups is 1. The van der Waals surface area contributed by atoms with Crippen molar-refractivity contribution in [1.29, 1.82) is 0 Å². The molecule has 0 bridgehead atoms. The molecule has 0 atom stereocenters. The summed E-state index contributed by atoms with van der Waals surface area (Å²) in [6.45, 7) is 1.96. The number of carbonyl (C=O) groups excluding carboxylic acids is 1. The first-order chi connectivity index (χ1) is 4.81. The Balaban J connectivity index is 0. The average Bonchev–Trinajstić information content (AvgIpc) is 2.04. The Morgan fingerprint density at radius 1 is 1.60 bits per heavy atom. The number of ether oxygens (including phenoxy) is 1. The fourth-order valence-electron chi connectivity index (χ4n) is 0.282. The molecule has 1 N–H and O–H groups in total. The number of aliphatic hydroxyl groups is 1. The van der Waals surface area contributed by atoms with E-state index in [-0.39, 0.29) is 5.97 Å².